The summed E-state index contributed by atoms with van der Waals surface area (Å²) in [5.74, 6) is 0. The summed E-state index contributed by atoms with van der Waals surface area (Å²) in [7, 11) is 0. The van der Waals surface area contributed by atoms with Crippen molar-refractivity contribution in [3.63, 3.8) is 0 Å². The molecule has 1 heterocycles. The van der Waals surface area contributed by atoms with Crippen molar-refractivity contribution < 1.29 is 9.53 Å². The summed E-state index contributed by atoms with van der Waals surface area (Å²) < 4.78 is 5.23. The van der Waals surface area contributed by atoms with Gasteiger partial charge in [-0.05, 0) is 39.3 Å². The van der Waals surface area contributed by atoms with Crippen molar-refractivity contribution in [1.29, 1.82) is 0 Å². The van der Waals surface area contributed by atoms with Gasteiger partial charge in [-0.1, -0.05) is 13.0 Å². The van der Waals surface area contributed by atoms with Gasteiger partial charge in [-0.2, -0.15) is 0 Å². The van der Waals surface area contributed by atoms with Gasteiger partial charge in [-0.3, -0.25) is 4.98 Å². The van der Waals surface area contributed by atoms with E-state index in [4.69, 9.17) is 10.5 Å². The molecule has 0 bridgehead atoms. The maximum Gasteiger partial charge on any atom is 0.407 e. The van der Waals surface area contributed by atoms with Crippen LogP contribution >= 0.6 is 0 Å². The summed E-state index contributed by atoms with van der Waals surface area (Å²) in [6.07, 6.45) is 1.30. The van der Waals surface area contributed by atoms with Crippen molar-refractivity contribution in [1.82, 2.24) is 10.3 Å². The number of hydrogen-bond donors (Lipinski definition) is 2. The number of carbonyl (C=O) groups excluding carboxylic acids is 1. The number of amides is 1. The van der Waals surface area contributed by atoms with Crippen molar-refractivity contribution in [2.45, 2.75) is 45.6 Å². The maximum absolute atomic E-state index is 11.7. The number of rotatable bonds is 4. The van der Waals surface area contributed by atoms with Crippen LogP contribution in [0.2, 0.25) is 0 Å². The van der Waals surface area contributed by atoms with Crippen molar-refractivity contribution in [3.8, 4) is 0 Å². The highest BCUT2D eigenvalue weighted by atomic mass is 16.6. The van der Waals surface area contributed by atoms with Gasteiger partial charge < -0.3 is 15.8 Å². The van der Waals surface area contributed by atoms with Crippen molar-refractivity contribution in [2.75, 3.05) is 13.1 Å². The predicted molar refractivity (Wildman–Crippen MR) is 79.6 cm³/mol. The van der Waals surface area contributed by atoms with E-state index in [0.717, 1.165) is 11.3 Å². The van der Waals surface area contributed by atoms with Gasteiger partial charge in [-0.15, -0.1) is 0 Å². The van der Waals surface area contributed by atoms with Crippen LogP contribution in [-0.4, -0.2) is 29.8 Å². The molecule has 1 unspecified atom stereocenters. The normalized spacial score (nSPS) is 14.5. The molecule has 1 aromatic rings. The van der Waals surface area contributed by atoms with Crippen LogP contribution in [0.4, 0.5) is 4.79 Å². The largest absolute Gasteiger partial charge is 0.444 e. The van der Waals surface area contributed by atoms with E-state index in [2.05, 4.69) is 10.3 Å². The van der Waals surface area contributed by atoms with E-state index >= 15 is 0 Å². The number of ether oxygens (including phenoxy) is 1. The Labute approximate surface area is 120 Å². The number of nitrogens with one attached hydrogen (secondary N) is 1. The molecule has 0 radical (unpaired) electrons. The van der Waals surface area contributed by atoms with Gasteiger partial charge in [-0.25, -0.2) is 4.79 Å². The highest BCUT2D eigenvalue weighted by Crippen LogP contribution is 2.23. The van der Waals surface area contributed by atoms with E-state index < -0.39 is 17.1 Å². The second-order valence-electron chi connectivity index (χ2n) is 6.29. The number of nitrogens with zero attached hydrogens (tertiary/aromatic N) is 1. The highest BCUT2D eigenvalue weighted by molar-refractivity contribution is 5.67. The molecule has 0 saturated heterocycles. The standard InChI is InChI=1S/C15H25N3O2/c1-11-7-6-8-17-12(11)15(5,9-16)10-18-13(19)20-14(2,3)4/h6-8H,9-10,16H2,1-5H3,(H,18,19). The number of hydrogen-bond acceptors (Lipinski definition) is 4. The first kappa shape index (κ1) is 16.4. The lowest BCUT2D eigenvalue weighted by molar-refractivity contribution is 0.0516. The Kier molecular flexibility index (Phi) is 5.11. The second-order valence-corrected chi connectivity index (χ2v) is 6.29. The maximum atomic E-state index is 11.7. The molecule has 112 valence electrons. The average Bonchev–Trinajstić information content (AvgIpc) is 2.34. The third kappa shape index (κ3) is 4.49. The predicted octanol–water partition coefficient (Wildman–Crippen LogP) is 2.13. The molecule has 1 rings (SSSR count). The molecule has 1 atom stereocenters. The number of pyridine rings is 1. The van der Waals surface area contributed by atoms with Crippen LogP contribution in [0.15, 0.2) is 18.3 Å². The zero-order chi connectivity index (χ0) is 15.4. The summed E-state index contributed by atoms with van der Waals surface area (Å²) >= 11 is 0. The third-order valence-electron chi connectivity index (χ3n) is 3.05. The van der Waals surface area contributed by atoms with Crippen molar-refractivity contribution in [3.05, 3.63) is 29.6 Å². The van der Waals surface area contributed by atoms with Crippen LogP contribution < -0.4 is 11.1 Å². The van der Waals surface area contributed by atoms with Gasteiger partial charge in [0.05, 0.1) is 5.69 Å². The molecule has 0 aliphatic heterocycles. The first-order valence-corrected chi connectivity index (χ1v) is 6.77. The minimum Gasteiger partial charge on any atom is -0.444 e. The molecular formula is C15H25N3O2. The quantitative estimate of drug-likeness (QED) is 0.885. The highest BCUT2D eigenvalue weighted by Gasteiger charge is 2.29. The number of alkyl carbamates (subject to hydrolysis) is 1. The van der Waals surface area contributed by atoms with Crippen LogP contribution in [0.25, 0.3) is 0 Å². The Hall–Kier alpha value is -1.62. The first-order chi connectivity index (χ1) is 9.18. The zero-order valence-electron chi connectivity index (χ0n) is 13.0. The van der Waals surface area contributed by atoms with Crippen LogP contribution in [0.1, 0.15) is 39.0 Å². The molecule has 5 nitrogen and oxygen atoms in total. The first-order valence-electron chi connectivity index (χ1n) is 6.77. The molecule has 0 saturated carbocycles. The lowest BCUT2D eigenvalue weighted by Crippen LogP contribution is -2.46. The van der Waals surface area contributed by atoms with Gasteiger partial charge in [0.2, 0.25) is 0 Å². The fourth-order valence-electron chi connectivity index (χ4n) is 1.95. The lowest BCUT2D eigenvalue weighted by atomic mass is 9.84. The van der Waals surface area contributed by atoms with Crippen LogP contribution in [0.3, 0.4) is 0 Å². The molecular weight excluding hydrogens is 254 g/mol. The summed E-state index contributed by atoms with van der Waals surface area (Å²) in [5, 5.41) is 2.78. The molecule has 1 aromatic heterocycles. The molecule has 1 amide bonds. The van der Waals surface area contributed by atoms with E-state index in [-0.39, 0.29) is 0 Å². The minimum atomic E-state index is -0.510. The molecule has 3 N–H and O–H groups in total. The Morgan fingerprint density at radius 1 is 1.40 bits per heavy atom. The summed E-state index contributed by atoms with van der Waals surface area (Å²) in [6.45, 7) is 10.2. The SMILES string of the molecule is Cc1cccnc1C(C)(CN)CNC(=O)OC(C)(C)C. The van der Waals surface area contributed by atoms with E-state index in [1.807, 2.05) is 46.8 Å². The zero-order valence-corrected chi connectivity index (χ0v) is 13.0. The fourth-order valence-corrected chi connectivity index (χ4v) is 1.95. The summed E-state index contributed by atoms with van der Waals surface area (Å²) in [5.41, 5.74) is 6.93. The smallest absolute Gasteiger partial charge is 0.407 e. The lowest BCUT2D eigenvalue weighted by Gasteiger charge is -2.29. The van der Waals surface area contributed by atoms with Crippen LogP contribution in [0, 0.1) is 6.92 Å². The Bertz CT molecular complexity index is 468. The molecule has 20 heavy (non-hydrogen) atoms. The molecule has 0 fully saturated rings. The molecule has 0 aromatic carbocycles. The minimum absolute atomic E-state index is 0.385. The molecule has 0 spiro atoms. The number of aromatic nitrogens is 1. The number of nitrogens with two attached hydrogens (primary N) is 1. The molecule has 0 aliphatic rings. The van der Waals surface area contributed by atoms with Gasteiger partial charge in [0.1, 0.15) is 5.60 Å². The summed E-state index contributed by atoms with van der Waals surface area (Å²) in [6, 6.07) is 3.88. The fraction of sp³-hybridized carbons (Fsp3) is 0.600. The Morgan fingerprint density at radius 3 is 2.55 bits per heavy atom. The van der Waals surface area contributed by atoms with Gasteiger partial charge in [0.15, 0.2) is 0 Å². The average molecular weight is 279 g/mol. The third-order valence-corrected chi connectivity index (χ3v) is 3.05. The monoisotopic (exact) mass is 279 g/mol. The Morgan fingerprint density at radius 2 is 2.05 bits per heavy atom. The molecule has 0 aliphatic carbocycles. The van der Waals surface area contributed by atoms with E-state index in [1.165, 1.54) is 0 Å². The van der Waals surface area contributed by atoms with Gasteiger partial charge in [0.25, 0.3) is 0 Å². The summed E-state index contributed by atoms with van der Waals surface area (Å²) in [4.78, 5) is 16.1. The van der Waals surface area contributed by atoms with Crippen molar-refractivity contribution in [2.24, 2.45) is 5.73 Å². The number of carbonyl (C=O) groups is 1. The topological polar surface area (TPSA) is 77.2 Å². The van der Waals surface area contributed by atoms with Crippen molar-refractivity contribution >= 4 is 6.09 Å². The van der Waals surface area contributed by atoms with Crippen LogP contribution in [-0.2, 0) is 10.2 Å². The second kappa shape index (κ2) is 6.22. The Balaban J connectivity index is 2.77. The number of aryl methyl sites for hydroxylation is 1. The van der Waals surface area contributed by atoms with E-state index in [9.17, 15) is 4.79 Å². The van der Waals surface area contributed by atoms with Crippen LogP contribution in [0.5, 0.6) is 0 Å². The van der Waals surface area contributed by atoms with Gasteiger partial charge >= 0.3 is 6.09 Å². The van der Waals surface area contributed by atoms with E-state index in [1.54, 1.807) is 6.20 Å². The van der Waals surface area contributed by atoms with Gasteiger partial charge in [0, 0.05) is 24.7 Å². The van der Waals surface area contributed by atoms with E-state index in [0.29, 0.717) is 13.1 Å². The molecule has 5 heteroatoms.